The van der Waals surface area contributed by atoms with Crippen molar-refractivity contribution in [3.63, 3.8) is 0 Å². The Morgan fingerprint density at radius 2 is 1.84 bits per heavy atom. The van der Waals surface area contributed by atoms with Crippen molar-refractivity contribution < 1.29 is 19.7 Å². The van der Waals surface area contributed by atoms with E-state index < -0.39 is 5.97 Å². The Hall–Kier alpha value is -1.71. The van der Waals surface area contributed by atoms with E-state index in [1.54, 1.807) is 0 Å². The molecule has 0 spiro atoms. The standard InChI is InChI=1S/C15H22O4/c1-2-3-4-5-6-7-10-19-14-11-12(16)8-9-13(14)15(17)18/h8-9,11,16H,2-7,10H2,1H3,(H,17,18). The largest absolute Gasteiger partial charge is 0.508 e. The highest BCUT2D eigenvalue weighted by Crippen LogP contribution is 2.24. The third-order valence-corrected chi connectivity index (χ3v) is 2.95. The monoisotopic (exact) mass is 266 g/mol. The van der Waals surface area contributed by atoms with Crippen LogP contribution in [0.15, 0.2) is 18.2 Å². The van der Waals surface area contributed by atoms with E-state index >= 15 is 0 Å². The lowest BCUT2D eigenvalue weighted by molar-refractivity contribution is 0.0692. The summed E-state index contributed by atoms with van der Waals surface area (Å²) in [5.74, 6) is -0.790. The number of phenolic OH excluding ortho intramolecular Hbond substituents is 1. The zero-order valence-corrected chi connectivity index (χ0v) is 11.4. The van der Waals surface area contributed by atoms with Crippen molar-refractivity contribution in [1.29, 1.82) is 0 Å². The molecule has 106 valence electrons. The molecule has 4 nitrogen and oxygen atoms in total. The number of aromatic hydroxyl groups is 1. The van der Waals surface area contributed by atoms with Crippen LogP contribution < -0.4 is 4.74 Å². The van der Waals surface area contributed by atoms with Gasteiger partial charge in [0.05, 0.1) is 6.61 Å². The van der Waals surface area contributed by atoms with Crippen molar-refractivity contribution in [2.75, 3.05) is 6.61 Å². The molecule has 0 fully saturated rings. The highest BCUT2D eigenvalue weighted by Gasteiger charge is 2.11. The molecule has 2 N–H and O–H groups in total. The fraction of sp³-hybridized carbons (Fsp3) is 0.533. The number of carbonyl (C=O) groups is 1. The molecule has 0 aromatic heterocycles. The highest BCUT2D eigenvalue weighted by atomic mass is 16.5. The Morgan fingerprint density at radius 1 is 1.16 bits per heavy atom. The van der Waals surface area contributed by atoms with Crippen LogP contribution in [-0.4, -0.2) is 22.8 Å². The quantitative estimate of drug-likeness (QED) is 0.667. The van der Waals surface area contributed by atoms with Crippen molar-refractivity contribution in [3.8, 4) is 11.5 Å². The Balaban J connectivity index is 2.36. The SMILES string of the molecule is CCCCCCCCOc1cc(O)ccc1C(=O)O. The summed E-state index contributed by atoms with van der Waals surface area (Å²) in [5.41, 5.74) is 0.0868. The van der Waals surface area contributed by atoms with Gasteiger partial charge in [-0.25, -0.2) is 4.79 Å². The summed E-state index contributed by atoms with van der Waals surface area (Å²) >= 11 is 0. The fourth-order valence-electron chi connectivity index (χ4n) is 1.87. The Kier molecular flexibility index (Phi) is 6.79. The minimum Gasteiger partial charge on any atom is -0.508 e. The van der Waals surface area contributed by atoms with Gasteiger partial charge in [0.15, 0.2) is 0 Å². The number of carboxylic acids is 1. The normalized spacial score (nSPS) is 10.4. The minimum atomic E-state index is -1.04. The number of rotatable bonds is 9. The van der Waals surface area contributed by atoms with E-state index in [2.05, 4.69) is 6.92 Å². The van der Waals surface area contributed by atoms with Gasteiger partial charge in [-0.15, -0.1) is 0 Å². The molecule has 0 radical (unpaired) electrons. The first-order valence-electron chi connectivity index (χ1n) is 6.84. The first-order valence-corrected chi connectivity index (χ1v) is 6.84. The van der Waals surface area contributed by atoms with Gasteiger partial charge in [-0.2, -0.15) is 0 Å². The van der Waals surface area contributed by atoms with E-state index in [0.29, 0.717) is 6.61 Å². The van der Waals surface area contributed by atoms with Crippen LogP contribution in [0.4, 0.5) is 0 Å². The van der Waals surface area contributed by atoms with Crippen LogP contribution in [0, 0.1) is 0 Å². The van der Waals surface area contributed by atoms with Crippen molar-refractivity contribution in [3.05, 3.63) is 23.8 Å². The second-order valence-corrected chi connectivity index (χ2v) is 4.60. The van der Waals surface area contributed by atoms with Crippen LogP contribution in [0.3, 0.4) is 0 Å². The number of ether oxygens (including phenoxy) is 1. The van der Waals surface area contributed by atoms with Gasteiger partial charge in [0.2, 0.25) is 0 Å². The number of unbranched alkanes of at least 4 members (excludes halogenated alkanes) is 5. The number of hydrogen-bond donors (Lipinski definition) is 2. The van der Waals surface area contributed by atoms with Crippen LogP contribution in [0.5, 0.6) is 11.5 Å². The van der Waals surface area contributed by atoms with Crippen molar-refractivity contribution in [1.82, 2.24) is 0 Å². The zero-order valence-electron chi connectivity index (χ0n) is 11.4. The lowest BCUT2D eigenvalue weighted by atomic mass is 10.1. The minimum absolute atomic E-state index is 0.0166. The van der Waals surface area contributed by atoms with E-state index in [4.69, 9.17) is 9.84 Å². The van der Waals surface area contributed by atoms with Crippen LogP contribution in [0.2, 0.25) is 0 Å². The molecule has 4 heteroatoms. The van der Waals surface area contributed by atoms with E-state index in [1.165, 1.54) is 43.9 Å². The second kappa shape index (κ2) is 8.40. The first kappa shape index (κ1) is 15.3. The summed E-state index contributed by atoms with van der Waals surface area (Å²) in [6, 6.07) is 4.05. The van der Waals surface area contributed by atoms with Crippen LogP contribution in [0.25, 0.3) is 0 Å². The van der Waals surface area contributed by atoms with Gasteiger partial charge in [0, 0.05) is 6.07 Å². The van der Waals surface area contributed by atoms with Gasteiger partial charge >= 0.3 is 5.97 Å². The average molecular weight is 266 g/mol. The number of hydrogen-bond acceptors (Lipinski definition) is 3. The molecule has 0 aliphatic carbocycles. The maximum absolute atomic E-state index is 11.0. The van der Waals surface area contributed by atoms with Gasteiger partial charge in [0.1, 0.15) is 17.1 Å². The number of aromatic carboxylic acids is 1. The van der Waals surface area contributed by atoms with Crippen molar-refractivity contribution in [2.24, 2.45) is 0 Å². The molecule has 19 heavy (non-hydrogen) atoms. The number of benzene rings is 1. The smallest absolute Gasteiger partial charge is 0.339 e. The second-order valence-electron chi connectivity index (χ2n) is 4.60. The fourth-order valence-corrected chi connectivity index (χ4v) is 1.87. The molecular weight excluding hydrogens is 244 g/mol. The Bertz CT molecular complexity index is 401. The van der Waals surface area contributed by atoms with E-state index in [9.17, 15) is 9.90 Å². The first-order chi connectivity index (χ1) is 9.15. The molecule has 0 amide bonds. The summed E-state index contributed by atoms with van der Waals surface area (Å²) in [7, 11) is 0. The number of carboxylic acid groups (broad SMARTS) is 1. The summed E-state index contributed by atoms with van der Waals surface area (Å²) in [6.07, 6.45) is 6.89. The van der Waals surface area contributed by atoms with Crippen LogP contribution >= 0.6 is 0 Å². The molecule has 0 saturated heterocycles. The van der Waals surface area contributed by atoms with Crippen molar-refractivity contribution in [2.45, 2.75) is 45.4 Å². The lowest BCUT2D eigenvalue weighted by Gasteiger charge is -2.09. The lowest BCUT2D eigenvalue weighted by Crippen LogP contribution is -2.04. The van der Waals surface area contributed by atoms with E-state index in [1.807, 2.05) is 0 Å². The predicted octanol–water partition coefficient (Wildman–Crippen LogP) is 3.83. The summed E-state index contributed by atoms with van der Waals surface area (Å²) in [6.45, 7) is 2.66. The van der Waals surface area contributed by atoms with Gasteiger partial charge in [-0.3, -0.25) is 0 Å². The van der Waals surface area contributed by atoms with Gasteiger partial charge < -0.3 is 14.9 Å². The molecule has 0 aliphatic heterocycles. The third kappa shape index (κ3) is 5.64. The van der Waals surface area contributed by atoms with Gasteiger partial charge in [-0.1, -0.05) is 39.0 Å². The predicted molar refractivity (Wildman–Crippen MR) is 73.9 cm³/mol. The summed E-state index contributed by atoms with van der Waals surface area (Å²) in [4.78, 5) is 11.0. The number of phenols is 1. The zero-order chi connectivity index (χ0) is 14.1. The molecular formula is C15H22O4. The molecule has 0 heterocycles. The summed E-state index contributed by atoms with van der Waals surface area (Å²) in [5, 5.41) is 18.3. The van der Waals surface area contributed by atoms with Gasteiger partial charge in [-0.05, 0) is 18.6 Å². The molecule has 0 unspecified atom stereocenters. The molecule has 1 rings (SSSR count). The Morgan fingerprint density at radius 3 is 2.53 bits per heavy atom. The maximum atomic E-state index is 11.0. The van der Waals surface area contributed by atoms with E-state index in [-0.39, 0.29) is 17.1 Å². The highest BCUT2D eigenvalue weighted by molar-refractivity contribution is 5.91. The molecule has 0 bridgehead atoms. The molecule has 0 saturated carbocycles. The topological polar surface area (TPSA) is 66.8 Å². The van der Waals surface area contributed by atoms with Crippen LogP contribution in [-0.2, 0) is 0 Å². The molecule has 0 atom stereocenters. The van der Waals surface area contributed by atoms with Crippen molar-refractivity contribution >= 4 is 5.97 Å². The summed E-state index contributed by atoms with van der Waals surface area (Å²) < 4.78 is 5.44. The Labute approximate surface area is 114 Å². The maximum Gasteiger partial charge on any atom is 0.339 e. The van der Waals surface area contributed by atoms with E-state index in [0.717, 1.165) is 12.8 Å². The van der Waals surface area contributed by atoms with Crippen LogP contribution in [0.1, 0.15) is 55.8 Å². The molecule has 0 aliphatic rings. The van der Waals surface area contributed by atoms with Gasteiger partial charge in [0.25, 0.3) is 0 Å². The average Bonchev–Trinajstić information content (AvgIpc) is 2.37. The molecule has 1 aromatic rings. The molecule has 1 aromatic carbocycles. The third-order valence-electron chi connectivity index (χ3n) is 2.95.